The Hall–Kier alpha value is -3.41. The van der Waals surface area contributed by atoms with E-state index in [1.54, 1.807) is 21.9 Å². The molecule has 0 atom stereocenters. The van der Waals surface area contributed by atoms with Crippen LogP contribution >= 0.6 is 0 Å². The van der Waals surface area contributed by atoms with Crippen molar-refractivity contribution in [2.24, 2.45) is 0 Å². The van der Waals surface area contributed by atoms with E-state index in [1.807, 2.05) is 49.4 Å². The first-order valence-electron chi connectivity index (χ1n) is 9.28. The summed E-state index contributed by atoms with van der Waals surface area (Å²) in [6.45, 7) is 3.81. The normalized spacial score (nSPS) is 14.2. The molecular formula is C22H21N3O3. The second-order valence-corrected chi connectivity index (χ2v) is 6.76. The maximum Gasteiger partial charge on any atom is 0.289 e. The van der Waals surface area contributed by atoms with Crippen LogP contribution in [0.5, 0.6) is 0 Å². The van der Waals surface area contributed by atoms with Crippen molar-refractivity contribution in [3.05, 3.63) is 77.9 Å². The van der Waals surface area contributed by atoms with Crippen molar-refractivity contribution in [3.8, 4) is 11.3 Å². The minimum atomic E-state index is -0.137. The minimum Gasteiger partial charge on any atom is -0.459 e. The molecule has 0 aliphatic carbocycles. The molecule has 4 rings (SSSR count). The molecule has 1 aliphatic heterocycles. The molecule has 1 fully saturated rings. The number of aromatic nitrogens is 1. The van der Waals surface area contributed by atoms with E-state index in [-0.39, 0.29) is 11.8 Å². The van der Waals surface area contributed by atoms with E-state index >= 15 is 0 Å². The number of carbonyl (C=O) groups excluding carboxylic acids is 2. The lowest BCUT2D eigenvalue weighted by Crippen LogP contribution is -2.50. The average molecular weight is 375 g/mol. The van der Waals surface area contributed by atoms with Crippen LogP contribution in [0.2, 0.25) is 0 Å². The van der Waals surface area contributed by atoms with Crippen LogP contribution in [0, 0.1) is 6.92 Å². The molecule has 2 amide bonds. The first-order valence-corrected chi connectivity index (χ1v) is 9.28. The van der Waals surface area contributed by atoms with Crippen LogP contribution in [-0.2, 0) is 0 Å². The standard InChI is InChI=1S/C22H21N3O3/c1-16-18(9-10-19(23-16)17-6-3-2-4-7-17)21(26)24-11-13-25(14-12-24)22(27)20-8-5-15-28-20/h2-10,15H,11-14H2,1H3. The smallest absolute Gasteiger partial charge is 0.289 e. The van der Waals surface area contributed by atoms with Gasteiger partial charge in [-0.1, -0.05) is 30.3 Å². The summed E-state index contributed by atoms with van der Waals surface area (Å²) in [5, 5.41) is 0. The van der Waals surface area contributed by atoms with Gasteiger partial charge in [0.1, 0.15) is 0 Å². The van der Waals surface area contributed by atoms with E-state index in [1.165, 1.54) is 6.26 Å². The van der Waals surface area contributed by atoms with Crippen molar-refractivity contribution in [1.29, 1.82) is 0 Å². The Bertz CT molecular complexity index is 976. The fourth-order valence-electron chi connectivity index (χ4n) is 3.40. The molecular weight excluding hydrogens is 354 g/mol. The Balaban J connectivity index is 1.43. The quantitative estimate of drug-likeness (QED) is 0.705. The molecule has 1 aromatic carbocycles. The summed E-state index contributed by atoms with van der Waals surface area (Å²) in [4.78, 5) is 33.4. The summed E-state index contributed by atoms with van der Waals surface area (Å²) >= 11 is 0. The van der Waals surface area contributed by atoms with Crippen molar-refractivity contribution < 1.29 is 14.0 Å². The van der Waals surface area contributed by atoms with Gasteiger partial charge in [0.2, 0.25) is 0 Å². The Morgan fingerprint density at radius 1 is 0.857 bits per heavy atom. The maximum absolute atomic E-state index is 12.9. The van der Waals surface area contributed by atoms with Crippen molar-refractivity contribution >= 4 is 11.8 Å². The van der Waals surface area contributed by atoms with Gasteiger partial charge in [-0.05, 0) is 31.2 Å². The Morgan fingerprint density at radius 2 is 1.54 bits per heavy atom. The molecule has 1 aliphatic rings. The monoisotopic (exact) mass is 375 g/mol. The highest BCUT2D eigenvalue weighted by molar-refractivity contribution is 5.96. The van der Waals surface area contributed by atoms with Gasteiger partial charge < -0.3 is 14.2 Å². The van der Waals surface area contributed by atoms with E-state index in [9.17, 15) is 9.59 Å². The lowest BCUT2D eigenvalue weighted by Gasteiger charge is -2.34. The Kier molecular flexibility index (Phi) is 4.93. The zero-order valence-electron chi connectivity index (χ0n) is 15.7. The van der Waals surface area contributed by atoms with Crippen molar-refractivity contribution in [3.63, 3.8) is 0 Å². The summed E-state index contributed by atoms with van der Waals surface area (Å²) in [7, 11) is 0. The molecule has 1 saturated heterocycles. The molecule has 0 unspecified atom stereocenters. The number of piperazine rings is 1. The molecule has 0 radical (unpaired) electrons. The number of benzene rings is 1. The second kappa shape index (κ2) is 7.68. The predicted molar refractivity (Wildman–Crippen MR) is 105 cm³/mol. The molecule has 3 aromatic rings. The van der Waals surface area contributed by atoms with E-state index < -0.39 is 0 Å². The van der Waals surface area contributed by atoms with Gasteiger partial charge in [-0.15, -0.1) is 0 Å². The van der Waals surface area contributed by atoms with Gasteiger partial charge in [-0.3, -0.25) is 14.6 Å². The van der Waals surface area contributed by atoms with Gasteiger partial charge in [0.05, 0.1) is 23.2 Å². The van der Waals surface area contributed by atoms with E-state index in [0.717, 1.165) is 11.3 Å². The molecule has 28 heavy (non-hydrogen) atoms. The van der Waals surface area contributed by atoms with Gasteiger partial charge in [-0.2, -0.15) is 0 Å². The molecule has 6 nitrogen and oxygen atoms in total. The number of pyridine rings is 1. The van der Waals surface area contributed by atoms with E-state index in [4.69, 9.17) is 4.42 Å². The Labute approximate surface area is 163 Å². The Morgan fingerprint density at radius 3 is 2.14 bits per heavy atom. The first kappa shape index (κ1) is 18.0. The number of aryl methyl sites for hydroxylation is 1. The maximum atomic E-state index is 12.9. The molecule has 6 heteroatoms. The molecule has 0 saturated carbocycles. The zero-order valence-corrected chi connectivity index (χ0v) is 15.7. The minimum absolute atomic E-state index is 0.0466. The summed E-state index contributed by atoms with van der Waals surface area (Å²) < 4.78 is 5.18. The number of amides is 2. The first-order chi connectivity index (χ1) is 13.6. The highest BCUT2D eigenvalue weighted by Crippen LogP contribution is 2.20. The average Bonchev–Trinajstić information content (AvgIpc) is 3.28. The molecule has 3 heterocycles. The largest absolute Gasteiger partial charge is 0.459 e. The van der Waals surface area contributed by atoms with Crippen LogP contribution in [0.4, 0.5) is 0 Å². The lowest BCUT2D eigenvalue weighted by atomic mass is 10.1. The van der Waals surface area contributed by atoms with Gasteiger partial charge in [0.15, 0.2) is 5.76 Å². The number of carbonyl (C=O) groups is 2. The topological polar surface area (TPSA) is 66.7 Å². The second-order valence-electron chi connectivity index (χ2n) is 6.76. The van der Waals surface area contributed by atoms with Crippen molar-refractivity contribution in [2.75, 3.05) is 26.2 Å². The summed E-state index contributed by atoms with van der Waals surface area (Å²) in [6, 6.07) is 17.0. The molecule has 0 bridgehead atoms. The van der Waals surface area contributed by atoms with E-state index in [0.29, 0.717) is 43.2 Å². The lowest BCUT2D eigenvalue weighted by molar-refractivity contribution is 0.0517. The third kappa shape index (κ3) is 3.53. The van der Waals surface area contributed by atoms with Gasteiger partial charge >= 0.3 is 0 Å². The fraction of sp³-hybridized carbons (Fsp3) is 0.227. The van der Waals surface area contributed by atoms with Crippen molar-refractivity contribution in [2.45, 2.75) is 6.92 Å². The number of nitrogens with zero attached hydrogens (tertiary/aromatic N) is 3. The summed E-state index contributed by atoms with van der Waals surface area (Å²) in [5.74, 6) is 0.146. The van der Waals surface area contributed by atoms with E-state index in [2.05, 4.69) is 4.98 Å². The summed E-state index contributed by atoms with van der Waals surface area (Å²) in [5.41, 5.74) is 3.18. The fourth-order valence-corrected chi connectivity index (χ4v) is 3.40. The SMILES string of the molecule is Cc1nc(-c2ccccc2)ccc1C(=O)N1CCN(C(=O)c2ccco2)CC1. The van der Waals surface area contributed by atoms with Crippen LogP contribution in [0.25, 0.3) is 11.3 Å². The van der Waals surface area contributed by atoms with Gasteiger partial charge in [-0.25, -0.2) is 0 Å². The third-order valence-corrected chi connectivity index (χ3v) is 4.97. The van der Waals surface area contributed by atoms with Crippen LogP contribution < -0.4 is 0 Å². The molecule has 0 spiro atoms. The van der Waals surface area contributed by atoms with Crippen LogP contribution in [0.15, 0.2) is 65.3 Å². The predicted octanol–water partition coefficient (Wildman–Crippen LogP) is 3.25. The molecule has 142 valence electrons. The van der Waals surface area contributed by atoms with Crippen LogP contribution in [0.3, 0.4) is 0 Å². The zero-order chi connectivity index (χ0) is 19.5. The number of rotatable bonds is 3. The highest BCUT2D eigenvalue weighted by atomic mass is 16.3. The number of furan rings is 1. The number of hydrogen-bond donors (Lipinski definition) is 0. The number of hydrogen-bond acceptors (Lipinski definition) is 4. The third-order valence-electron chi connectivity index (χ3n) is 4.97. The molecule has 0 N–H and O–H groups in total. The van der Waals surface area contributed by atoms with Crippen LogP contribution in [0.1, 0.15) is 26.6 Å². The molecule has 2 aromatic heterocycles. The van der Waals surface area contributed by atoms with Gasteiger partial charge in [0.25, 0.3) is 11.8 Å². The van der Waals surface area contributed by atoms with Crippen molar-refractivity contribution in [1.82, 2.24) is 14.8 Å². The summed E-state index contributed by atoms with van der Waals surface area (Å²) in [6.07, 6.45) is 1.49. The van der Waals surface area contributed by atoms with Gasteiger partial charge in [0, 0.05) is 31.7 Å². The van der Waals surface area contributed by atoms with Crippen LogP contribution in [-0.4, -0.2) is 52.8 Å². The highest BCUT2D eigenvalue weighted by Gasteiger charge is 2.27.